The Kier molecular flexibility index (Phi) is 7.15. The Hall–Kier alpha value is -3.80. The number of aromatic hydroxyl groups is 1. The second-order valence-electron chi connectivity index (χ2n) is 8.36. The number of nitrogens with zero attached hydrogens (tertiary/aromatic N) is 1. The van der Waals surface area contributed by atoms with E-state index in [1.807, 2.05) is 6.07 Å². The Bertz CT molecular complexity index is 1100. The smallest absolute Gasteiger partial charge is 0.275 e. The average molecular weight is 433 g/mol. The van der Waals surface area contributed by atoms with Gasteiger partial charge in [-0.1, -0.05) is 57.2 Å². The number of ether oxygens (including phenoxy) is 2. The van der Waals surface area contributed by atoms with Crippen molar-refractivity contribution in [3.63, 3.8) is 0 Å². The highest BCUT2D eigenvalue weighted by Gasteiger charge is 2.13. The highest BCUT2D eigenvalue weighted by molar-refractivity contribution is 5.97. The van der Waals surface area contributed by atoms with Crippen LogP contribution in [-0.2, 0) is 12.0 Å². The summed E-state index contributed by atoms with van der Waals surface area (Å²) < 4.78 is 11.4. The minimum atomic E-state index is -0.497. The summed E-state index contributed by atoms with van der Waals surface area (Å²) >= 11 is 0. The van der Waals surface area contributed by atoms with Crippen molar-refractivity contribution in [3.8, 4) is 17.2 Å². The zero-order valence-electron chi connectivity index (χ0n) is 18.8. The third kappa shape index (κ3) is 5.88. The Morgan fingerprint density at radius 3 is 2.41 bits per heavy atom. The molecule has 0 radical (unpaired) electrons. The Morgan fingerprint density at radius 1 is 1.03 bits per heavy atom. The van der Waals surface area contributed by atoms with Crippen LogP contribution in [0.4, 0.5) is 0 Å². The van der Waals surface area contributed by atoms with Crippen molar-refractivity contribution in [1.29, 1.82) is 0 Å². The van der Waals surface area contributed by atoms with Crippen LogP contribution in [0, 0.1) is 0 Å². The highest BCUT2D eigenvalue weighted by atomic mass is 16.5. The number of methoxy groups -OCH3 is 1. The predicted octanol–water partition coefficient (Wildman–Crippen LogP) is 5.04. The van der Waals surface area contributed by atoms with Gasteiger partial charge in [0.05, 0.1) is 18.9 Å². The van der Waals surface area contributed by atoms with Gasteiger partial charge in [-0.2, -0.15) is 5.10 Å². The van der Waals surface area contributed by atoms with Crippen molar-refractivity contribution >= 4 is 12.1 Å². The van der Waals surface area contributed by atoms with Gasteiger partial charge in [0.25, 0.3) is 5.91 Å². The van der Waals surface area contributed by atoms with Crippen LogP contribution in [0.3, 0.4) is 0 Å². The average Bonchev–Trinajstić information content (AvgIpc) is 2.78. The minimum absolute atomic E-state index is 0.101. The lowest BCUT2D eigenvalue weighted by atomic mass is 9.87. The number of phenolic OH excluding ortho intramolecular Hbond substituents is 1. The number of nitrogens with one attached hydrogen (secondary N) is 1. The number of hydrogen-bond acceptors (Lipinski definition) is 5. The first-order valence-electron chi connectivity index (χ1n) is 10.3. The maximum absolute atomic E-state index is 12.1. The van der Waals surface area contributed by atoms with Gasteiger partial charge in [0, 0.05) is 0 Å². The number of hydrazone groups is 1. The summed E-state index contributed by atoms with van der Waals surface area (Å²) in [4.78, 5) is 12.1. The van der Waals surface area contributed by atoms with E-state index in [0.29, 0.717) is 18.1 Å². The molecule has 0 atom stereocenters. The van der Waals surface area contributed by atoms with Crippen LogP contribution < -0.4 is 14.9 Å². The SMILES string of the molecule is COc1cc(/C=N\NC(=O)c2ccccc2O)ccc1OCc1ccc(C(C)(C)C)cc1. The molecule has 3 aromatic carbocycles. The summed E-state index contributed by atoms with van der Waals surface area (Å²) in [5.74, 6) is 0.579. The van der Waals surface area contributed by atoms with E-state index in [0.717, 1.165) is 11.1 Å². The van der Waals surface area contributed by atoms with Crippen molar-refractivity contribution < 1.29 is 19.4 Å². The van der Waals surface area contributed by atoms with E-state index in [-0.39, 0.29) is 16.7 Å². The van der Waals surface area contributed by atoms with Crippen LogP contribution in [0.2, 0.25) is 0 Å². The van der Waals surface area contributed by atoms with E-state index in [9.17, 15) is 9.90 Å². The fourth-order valence-corrected chi connectivity index (χ4v) is 3.04. The molecule has 166 valence electrons. The zero-order valence-corrected chi connectivity index (χ0v) is 18.8. The monoisotopic (exact) mass is 432 g/mol. The largest absolute Gasteiger partial charge is 0.507 e. The molecule has 0 heterocycles. The van der Waals surface area contributed by atoms with Crippen LogP contribution in [0.25, 0.3) is 0 Å². The Morgan fingerprint density at radius 2 is 1.75 bits per heavy atom. The number of phenols is 1. The van der Waals surface area contributed by atoms with Crippen molar-refractivity contribution in [2.75, 3.05) is 7.11 Å². The molecule has 0 fully saturated rings. The van der Waals surface area contributed by atoms with Gasteiger partial charge >= 0.3 is 0 Å². The molecule has 2 N–H and O–H groups in total. The number of para-hydroxylation sites is 1. The van der Waals surface area contributed by atoms with Crippen LogP contribution >= 0.6 is 0 Å². The van der Waals surface area contributed by atoms with E-state index in [2.05, 4.69) is 55.6 Å². The predicted molar refractivity (Wildman–Crippen MR) is 126 cm³/mol. The summed E-state index contributed by atoms with van der Waals surface area (Å²) in [7, 11) is 1.57. The molecule has 0 bridgehead atoms. The molecule has 3 rings (SSSR count). The van der Waals surface area contributed by atoms with Crippen molar-refractivity contribution in [3.05, 3.63) is 89.0 Å². The lowest BCUT2D eigenvalue weighted by Gasteiger charge is -2.19. The van der Waals surface area contributed by atoms with Crippen LogP contribution in [0.1, 0.15) is 47.8 Å². The van der Waals surface area contributed by atoms with E-state index in [1.165, 1.54) is 23.9 Å². The summed E-state index contributed by atoms with van der Waals surface area (Å²) in [5, 5.41) is 13.7. The molecule has 0 aromatic heterocycles. The van der Waals surface area contributed by atoms with Crippen LogP contribution in [0.15, 0.2) is 71.8 Å². The second kappa shape index (κ2) is 10.0. The van der Waals surface area contributed by atoms with E-state index >= 15 is 0 Å². The molecule has 0 aliphatic rings. The molecule has 0 unspecified atom stereocenters. The number of carbonyl (C=O) groups excluding carboxylic acids is 1. The minimum Gasteiger partial charge on any atom is -0.507 e. The summed E-state index contributed by atoms with van der Waals surface area (Å²) in [6.07, 6.45) is 1.50. The number of amides is 1. The summed E-state index contributed by atoms with van der Waals surface area (Å²) in [6.45, 7) is 6.98. The number of benzene rings is 3. The van der Waals surface area contributed by atoms with Crippen molar-refractivity contribution in [2.45, 2.75) is 32.8 Å². The van der Waals surface area contributed by atoms with E-state index < -0.39 is 5.91 Å². The first-order valence-corrected chi connectivity index (χ1v) is 10.3. The number of carbonyl (C=O) groups is 1. The van der Waals surface area contributed by atoms with Gasteiger partial charge in [-0.3, -0.25) is 4.79 Å². The lowest BCUT2D eigenvalue weighted by molar-refractivity contribution is 0.0952. The van der Waals surface area contributed by atoms with Crippen molar-refractivity contribution in [1.82, 2.24) is 5.43 Å². The quantitative estimate of drug-likeness (QED) is 0.405. The second-order valence-corrected chi connectivity index (χ2v) is 8.36. The number of rotatable bonds is 7. The highest BCUT2D eigenvalue weighted by Crippen LogP contribution is 2.29. The fourth-order valence-electron chi connectivity index (χ4n) is 3.04. The maximum Gasteiger partial charge on any atom is 0.275 e. The van der Waals surface area contributed by atoms with E-state index in [4.69, 9.17) is 9.47 Å². The lowest BCUT2D eigenvalue weighted by Crippen LogP contribution is -2.17. The number of hydrogen-bond donors (Lipinski definition) is 2. The Labute approximate surface area is 188 Å². The molecule has 0 spiro atoms. The van der Waals surface area contributed by atoms with Gasteiger partial charge in [0.2, 0.25) is 0 Å². The van der Waals surface area contributed by atoms with Gasteiger partial charge in [-0.15, -0.1) is 0 Å². The van der Waals surface area contributed by atoms with Gasteiger partial charge in [0.15, 0.2) is 11.5 Å². The first-order chi connectivity index (χ1) is 15.3. The zero-order chi connectivity index (χ0) is 23.1. The van der Waals surface area contributed by atoms with Gasteiger partial charge in [-0.05, 0) is 52.4 Å². The molecule has 3 aromatic rings. The van der Waals surface area contributed by atoms with Gasteiger partial charge in [-0.25, -0.2) is 5.43 Å². The summed E-state index contributed by atoms with van der Waals surface area (Å²) in [6, 6.07) is 20.1. The molecule has 1 amide bonds. The van der Waals surface area contributed by atoms with Gasteiger partial charge < -0.3 is 14.6 Å². The molecule has 6 heteroatoms. The molecule has 0 saturated carbocycles. The standard InChI is InChI=1S/C26H28N2O4/c1-26(2,3)20-12-9-18(10-13-20)17-32-23-14-11-19(15-24(23)31-4)16-27-28-25(30)21-7-5-6-8-22(21)29/h5-16,29H,17H2,1-4H3,(H,28,30)/b27-16-. The molecule has 0 aliphatic heterocycles. The van der Waals surface area contributed by atoms with Crippen molar-refractivity contribution in [2.24, 2.45) is 5.10 Å². The third-order valence-electron chi connectivity index (χ3n) is 4.93. The molecule has 0 aliphatic carbocycles. The molecular formula is C26H28N2O4. The normalized spacial score (nSPS) is 11.4. The molecule has 32 heavy (non-hydrogen) atoms. The molecule has 6 nitrogen and oxygen atoms in total. The Balaban J connectivity index is 1.62. The molecule has 0 saturated heterocycles. The molecular weight excluding hydrogens is 404 g/mol. The third-order valence-corrected chi connectivity index (χ3v) is 4.93. The van der Waals surface area contributed by atoms with E-state index in [1.54, 1.807) is 31.4 Å². The first kappa shape index (κ1) is 22.9. The van der Waals surface area contributed by atoms with Gasteiger partial charge in [0.1, 0.15) is 12.4 Å². The fraction of sp³-hybridized carbons (Fsp3) is 0.231. The topological polar surface area (TPSA) is 80.2 Å². The van der Waals surface area contributed by atoms with Crippen LogP contribution in [-0.4, -0.2) is 24.3 Å². The summed E-state index contributed by atoms with van der Waals surface area (Å²) in [5.41, 5.74) is 5.73. The maximum atomic E-state index is 12.1. The van der Waals surface area contributed by atoms with Crippen LogP contribution in [0.5, 0.6) is 17.2 Å².